The second kappa shape index (κ2) is 6.54. The first-order valence-corrected chi connectivity index (χ1v) is 4.90. The van der Waals surface area contributed by atoms with E-state index in [1.807, 2.05) is 13.8 Å². The summed E-state index contributed by atoms with van der Waals surface area (Å²) in [6.07, 6.45) is 2.10. The Balaban J connectivity index is 4.12. The maximum absolute atomic E-state index is 11.3. The van der Waals surface area contributed by atoms with Crippen LogP contribution in [-0.2, 0) is 14.3 Å². The summed E-state index contributed by atoms with van der Waals surface area (Å²) >= 11 is 0. The van der Waals surface area contributed by atoms with Gasteiger partial charge in [0, 0.05) is 0 Å². The molecule has 0 aliphatic carbocycles. The molecule has 1 radical (unpaired) electrons. The van der Waals surface area contributed by atoms with Crippen molar-refractivity contribution >= 4 is 12.3 Å². The van der Waals surface area contributed by atoms with E-state index in [1.54, 1.807) is 13.2 Å². The number of nitrogens with two attached hydrogens (primary N) is 1. The molecule has 81 valence electrons. The first kappa shape index (κ1) is 13.1. The van der Waals surface area contributed by atoms with Gasteiger partial charge in [0.2, 0.25) is 6.29 Å². The third-order valence-electron chi connectivity index (χ3n) is 2.29. The molecule has 0 amide bonds. The van der Waals surface area contributed by atoms with Gasteiger partial charge in [0.25, 0.3) is 0 Å². The van der Waals surface area contributed by atoms with E-state index in [0.717, 1.165) is 6.42 Å². The van der Waals surface area contributed by atoms with Crippen molar-refractivity contribution < 1.29 is 14.3 Å². The summed E-state index contributed by atoms with van der Waals surface area (Å²) in [7, 11) is 0. The van der Waals surface area contributed by atoms with Crippen LogP contribution in [0.25, 0.3) is 0 Å². The zero-order chi connectivity index (χ0) is 11.1. The standard InChI is InChI=1S/C10H18NO3/c1-4-7(3)9(11)10(13)14-8(5-2)6-12/h7-9H,4-5,11H2,1-3H3/t7?,8?,9-/m0/s1. The Morgan fingerprint density at radius 2 is 2.00 bits per heavy atom. The van der Waals surface area contributed by atoms with Crippen LogP contribution in [0.15, 0.2) is 0 Å². The van der Waals surface area contributed by atoms with E-state index in [2.05, 4.69) is 0 Å². The van der Waals surface area contributed by atoms with E-state index in [1.165, 1.54) is 0 Å². The van der Waals surface area contributed by atoms with Crippen molar-refractivity contribution in [3.05, 3.63) is 0 Å². The van der Waals surface area contributed by atoms with Crippen LogP contribution in [0, 0.1) is 5.92 Å². The first-order valence-electron chi connectivity index (χ1n) is 4.90. The zero-order valence-electron chi connectivity index (χ0n) is 8.95. The molecule has 14 heavy (non-hydrogen) atoms. The van der Waals surface area contributed by atoms with Crippen LogP contribution < -0.4 is 5.73 Å². The van der Waals surface area contributed by atoms with E-state index in [0.29, 0.717) is 6.42 Å². The Labute approximate surface area is 84.8 Å². The highest BCUT2D eigenvalue weighted by Gasteiger charge is 2.23. The van der Waals surface area contributed by atoms with E-state index >= 15 is 0 Å². The molecule has 4 heteroatoms. The third kappa shape index (κ3) is 3.87. The Morgan fingerprint density at radius 3 is 2.36 bits per heavy atom. The summed E-state index contributed by atoms with van der Waals surface area (Å²) in [5.74, 6) is -0.457. The minimum Gasteiger partial charge on any atom is -0.453 e. The van der Waals surface area contributed by atoms with Gasteiger partial charge in [-0.25, -0.2) is 0 Å². The van der Waals surface area contributed by atoms with Crippen LogP contribution >= 0.6 is 0 Å². The number of rotatable bonds is 6. The minimum atomic E-state index is -0.780. The molecule has 2 unspecified atom stereocenters. The first-order chi connectivity index (χ1) is 6.56. The number of ether oxygens (including phenoxy) is 1. The normalized spacial score (nSPS) is 16.9. The summed E-state index contributed by atoms with van der Waals surface area (Å²) in [6, 6.07) is -0.651. The average molecular weight is 200 g/mol. The summed E-state index contributed by atoms with van der Waals surface area (Å²) in [6.45, 7) is 5.57. The lowest BCUT2D eigenvalue weighted by molar-refractivity contribution is -0.149. The lowest BCUT2D eigenvalue weighted by Crippen LogP contribution is -2.40. The maximum atomic E-state index is 11.3. The zero-order valence-corrected chi connectivity index (χ0v) is 8.95. The average Bonchev–Trinajstić information content (AvgIpc) is 2.23. The molecule has 3 atom stereocenters. The Bertz CT molecular complexity index is 194. The molecule has 0 spiro atoms. The number of esters is 1. The van der Waals surface area contributed by atoms with Gasteiger partial charge in [0.15, 0.2) is 6.10 Å². The predicted octanol–water partition coefficient (Wildman–Crippen LogP) is 0.791. The van der Waals surface area contributed by atoms with Crippen LogP contribution in [0.5, 0.6) is 0 Å². The fraction of sp³-hybridized carbons (Fsp3) is 0.800. The van der Waals surface area contributed by atoms with Crippen LogP contribution in [-0.4, -0.2) is 24.4 Å². The van der Waals surface area contributed by atoms with Crippen molar-refractivity contribution in [1.29, 1.82) is 0 Å². The molecule has 4 nitrogen and oxygen atoms in total. The molecular weight excluding hydrogens is 182 g/mol. The van der Waals surface area contributed by atoms with Gasteiger partial charge in [0.05, 0.1) is 0 Å². The smallest absolute Gasteiger partial charge is 0.323 e. The lowest BCUT2D eigenvalue weighted by atomic mass is 10.0. The van der Waals surface area contributed by atoms with E-state index in [-0.39, 0.29) is 5.92 Å². The maximum Gasteiger partial charge on any atom is 0.323 e. The second-order valence-electron chi connectivity index (χ2n) is 3.36. The van der Waals surface area contributed by atoms with E-state index in [9.17, 15) is 9.59 Å². The Hall–Kier alpha value is -0.900. The van der Waals surface area contributed by atoms with Crippen LogP contribution in [0.4, 0.5) is 0 Å². The van der Waals surface area contributed by atoms with Crippen molar-refractivity contribution in [2.24, 2.45) is 11.7 Å². The summed E-state index contributed by atoms with van der Waals surface area (Å²) in [5, 5.41) is 0. The van der Waals surface area contributed by atoms with Gasteiger partial charge in [0.1, 0.15) is 6.04 Å². The van der Waals surface area contributed by atoms with Gasteiger partial charge in [-0.1, -0.05) is 27.2 Å². The van der Waals surface area contributed by atoms with Gasteiger partial charge < -0.3 is 10.5 Å². The number of carbonyl (C=O) groups excluding carboxylic acids is 2. The van der Waals surface area contributed by atoms with Crippen molar-refractivity contribution in [2.75, 3.05) is 0 Å². The molecule has 0 aromatic heterocycles. The van der Waals surface area contributed by atoms with Crippen molar-refractivity contribution in [1.82, 2.24) is 0 Å². The van der Waals surface area contributed by atoms with Crippen LogP contribution in [0.3, 0.4) is 0 Å². The second-order valence-corrected chi connectivity index (χ2v) is 3.36. The van der Waals surface area contributed by atoms with Gasteiger partial charge in [-0.05, 0) is 12.3 Å². The minimum absolute atomic E-state index is 0.0617. The fourth-order valence-corrected chi connectivity index (χ4v) is 0.896. The monoisotopic (exact) mass is 200 g/mol. The molecule has 0 rings (SSSR count). The highest BCUT2D eigenvalue weighted by molar-refractivity contribution is 5.78. The molecular formula is C10H18NO3. The molecule has 0 saturated carbocycles. The lowest BCUT2D eigenvalue weighted by Gasteiger charge is -2.18. The number of hydrogen-bond acceptors (Lipinski definition) is 4. The molecule has 0 heterocycles. The molecule has 0 aliphatic heterocycles. The molecule has 0 fully saturated rings. The Morgan fingerprint density at radius 1 is 1.43 bits per heavy atom. The fourth-order valence-electron chi connectivity index (χ4n) is 0.896. The predicted molar refractivity (Wildman–Crippen MR) is 53.3 cm³/mol. The SMILES string of the molecule is CCC([C]=O)OC(=O)[C@@H](N)C(C)CC. The molecule has 0 aliphatic rings. The van der Waals surface area contributed by atoms with Crippen LogP contribution in [0.2, 0.25) is 0 Å². The summed E-state index contributed by atoms with van der Waals surface area (Å²) < 4.78 is 4.85. The molecule has 0 aromatic carbocycles. The third-order valence-corrected chi connectivity index (χ3v) is 2.29. The largest absolute Gasteiger partial charge is 0.453 e. The topological polar surface area (TPSA) is 69.4 Å². The van der Waals surface area contributed by atoms with Crippen molar-refractivity contribution in [3.8, 4) is 0 Å². The molecule has 0 saturated heterocycles. The highest BCUT2D eigenvalue weighted by Crippen LogP contribution is 2.08. The number of hydrogen-bond donors (Lipinski definition) is 1. The Kier molecular flexibility index (Phi) is 6.12. The van der Waals surface area contributed by atoms with Crippen molar-refractivity contribution in [2.45, 2.75) is 45.8 Å². The summed E-state index contributed by atoms with van der Waals surface area (Å²) in [5.41, 5.74) is 5.62. The quantitative estimate of drug-likeness (QED) is 0.643. The van der Waals surface area contributed by atoms with Crippen molar-refractivity contribution in [3.63, 3.8) is 0 Å². The highest BCUT2D eigenvalue weighted by atomic mass is 16.5. The number of carbonyl (C=O) groups is 1. The van der Waals surface area contributed by atoms with Gasteiger partial charge in [-0.15, -0.1) is 0 Å². The molecule has 0 aromatic rings. The van der Waals surface area contributed by atoms with Crippen LogP contribution in [0.1, 0.15) is 33.6 Å². The van der Waals surface area contributed by atoms with Gasteiger partial charge in [-0.2, -0.15) is 0 Å². The van der Waals surface area contributed by atoms with Gasteiger partial charge >= 0.3 is 5.97 Å². The summed E-state index contributed by atoms with van der Waals surface area (Å²) in [4.78, 5) is 21.6. The van der Waals surface area contributed by atoms with E-state index < -0.39 is 18.1 Å². The van der Waals surface area contributed by atoms with Gasteiger partial charge in [-0.3, -0.25) is 9.59 Å². The molecule has 2 N–H and O–H groups in total. The molecule has 0 bridgehead atoms. The van der Waals surface area contributed by atoms with E-state index in [4.69, 9.17) is 10.5 Å².